The molecule has 4 rings (SSSR count). The summed E-state index contributed by atoms with van der Waals surface area (Å²) in [6.45, 7) is 2.08. The molecule has 0 aliphatic carbocycles. The molecule has 0 radical (unpaired) electrons. The monoisotopic (exact) mass is 324 g/mol. The SMILES string of the molecule is Cc1ccccc1N1C(=O)C[C@H](Nc2ccc3c(c2)OCO3)C1=O. The Kier molecular flexibility index (Phi) is 3.37. The van der Waals surface area contributed by atoms with Gasteiger partial charge in [-0.05, 0) is 30.7 Å². The van der Waals surface area contributed by atoms with Crippen molar-refractivity contribution in [2.24, 2.45) is 0 Å². The summed E-state index contributed by atoms with van der Waals surface area (Å²) in [5, 5.41) is 3.12. The Balaban J connectivity index is 1.57. The molecule has 2 aliphatic rings. The Morgan fingerprint density at radius 3 is 2.71 bits per heavy atom. The molecular formula is C18H16N2O4. The van der Waals surface area contributed by atoms with Gasteiger partial charge in [0.2, 0.25) is 12.7 Å². The minimum absolute atomic E-state index is 0.127. The zero-order valence-electron chi connectivity index (χ0n) is 13.1. The number of benzene rings is 2. The van der Waals surface area contributed by atoms with Crippen LogP contribution in [-0.2, 0) is 9.59 Å². The number of carbonyl (C=O) groups is 2. The topological polar surface area (TPSA) is 67.9 Å². The van der Waals surface area contributed by atoms with Gasteiger partial charge in [-0.15, -0.1) is 0 Å². The zero-order chi connectivity index (χ0) is 16.7. The van der Waals surface area contributed by atoms with Gasteiger partial charge in [0, 0.05) is 11.8 Å². The standard InChI is InChI=1S/C18H16N2O4/c1-11-4-2-3-5-14(11)20-17(21)9-13(18(20)22)19-12-6-7-15-16(8-12)24-10-23-15/h2-8,13,19H,9-10H2,1H3/t13-/m0/s1. The molecule has 2 heterocycles. The molecule has 1 N–H and O–H groups in total. The molecule has 0 unspecified atom stereocenters. The molecule has 6 nitrogen and oxygen atoms in total. The second-order valence-corrected chi connectivity index (χ2v) is 5.82. The lowest BCUT2D eigenvalue weighted by Crippen LogP contribution is -2.35. The molecule has 0 saturated carbocycles. The summed E-state index contributed by atoms with van der Waals surface area (Å²) >= 11 is 0. The van der Waals surface area contributed by atoms with Crippen molar-refractivity contribution >= 4 is 23.2 Å². The minimum Gasteiger partial charge on any atom is -0.454 e. The first-order valence-electron chi connectivity index (χ1n) is 7.72. The highest BCUT2D eigenvalue weighted by atomic mass is 16.7. The molecule has 24 heavy (non-hydrogen) atoms. The third-order valence-corrected chi connectivity index (χ3v) is 4.22. The van der Waals surface area contributed by atoms with Crippen molar-refractivity contribution in [1.82, 2.24) is 0 Å². The second kappa shape index (κ2) is 5.56. The minimum atomic E-state index is -0.586. The lowest BCUT2D eigenvalue weighted by Gasteiger charge is -2.18. The molecule has 1 saturated heterocycles. The van der Waals surface area contributed by atoms with Crippen molar-refractivity contribution in [2.75, 3.05) is 17.0 Å². The molecule has 1 fully saturated rings. The summed E-state index contributed by atoms with van der Waals surface area (Å²) in [6, 6.07) is 12.1. The molecule has 122 valence electrons. The molecule has 1 atom stereocenters. The molecule has 6 heteroatoms. The Bertz CT molecular complexity index is 834. The quantitative estimate of drug-likeness (QED) is 0.879. The number of ether oxygens (including phenoxy) is 2. The van der Waals surface area contributed by atoms with Crippen LogP contribution in [0, 0.1) is 6.92 Å². The summed E-state index contributed by atoms with van der Waals surface area (Å²) in [4.78, 5) is 26.3. The molecule has 0 bridgehead atoms. The van der Waals surface area contributed by atoms with E-state index in [4.69, 9.17) is 9.47 Å². The number of hydrogen-bond donors (Lipinski definition) is 1. The summed E-state index contributed by atoms with van der Waals surface area (Å²) < 4.78 is 10.6. The van der Waals surface area contributed by atoms with Crippen LogP contribution in [0.2, 0.25) is 0 Å². The number of fused-ring (bicyclic) bond motifs is 1. The smallest absolute Gasteiger partial charge is 0.256 e. The van der Waals surface area contributed by atoms with Crippen LogP contribution in [0.4, 0.5) is 11.4 Å². The van der Waals surface area contributed by atoms with Gasteiger partial charge in [0.25, 0.3) is 5.91 Å². The number of para-hydroxylation sites is 1. The van der Waals surface area contributed by atoms with Gasteiger partial charge >= 0.3 is 0 Å². The Morgan fingerprint density at radius 1 is 1.08 bits per heavy atom. The molecule has 0 aromatic heterocycles. The maximum atomic E-state index is 12.7. The third-order valence-electron chi connectivity index (χ3n) is 4.22. The van der Waals surface area contributed by atoms with Gasteiger partial charge in [0.1, 0.15) is 6.04 Å². The summed E-state index contributed by atoms with van der Waals surface area (Å²) in [5.74, 6) is 0.864. The second-order valence-electron chi connectivity index (χ2n) is 5.82. The molecule has 2 amide bonds. The fourth-order valence-electron chi connectivity index (χ4n) is 3.00. The van der Waals surface area contributed by atoms with Crippen LogP contribution in [0.1, 0.15) is 12.0 Å². The highest BCUT2D eigenvalue weighted by Gasteiger charge is 2.40. The van der Waals surface area contributed by atoms with Crippen LogP contribution in [0.5, 0.6) is 11.5 Å². The van der Waals surface area contributed by atoms with Gasteiger partial charge in [-0.25, -0.2) is 4.90 Å². The number of amides is 2. The predicted octanol–water partition coefficient (Wildman–Crippen LogP) is 2.47. The Hall–Kier alpha value is -3.02. The van der Waals surface area contributed by atoms with E-state index in [0.717, 1.165) is 11.3 Å². The molecule has 2 aliphatic heterocycles. The first-order valence-corrected chi connectivity index (χ1v) is 7.72. The van der Waals surface area contributed by atoms with Crippen LogP contribution < -0.4 is 19.7 Å². The average molecular weight is 324 g/mol. The van der Waals surface area contributed by atoms with E-state index < -0.39 is 6.04 Å². The number of nitrogens with one attached hydrogen (secondary N) is 1. The van der Waals surface area contributed by atoms with Gasteiger partial charge in [-0.3, -0.25) is 9.59 Å². The highest BCUT2D eigenvalue weighted by Crippen LogP contribution is 2.35. The molecule has 0 spiro atoms. The van der Waals surface area contributed by atoms with Crippen molar-refractivity contribution in [3.63, 3.8) is 0 Å². The van der Waals surface area contributed by atoms with Crippen LogP contribution in [0.15, 0.2) is 42.5 Å². The van der Waals surface area contributed by atoms with Gasteiger partial charge in [-0.1, -0.05) is 18.2 Å². The van der Waals surface area contributed by atoms with E-state index in [2.05, 4.69) is 5.32 Å². The number of carbonyl (C=O) groups excluding carboxylic acids is 2. The van der Waals surface area contributed by atoms with E-state index in [1.165, 1.54) is 4.90 Å². The zero-order valence-corrected chi connectivity index (χ0v) is 13.1. The van der Waals surface area contributed by atoms with Crippen LogP contribution in [-0.4, -0.2) is 24.6 Å². The summed E-state index contributed by atoms with van der Waals surface area (Å²) in [7, 11) is 0. The Morgan fingerprint density at radius 2 is 1.88 bits per heavy atom. The summed E-state index contributed by atoms with van der Waals surface area (Å²) in [6.07, 6.45) is 0.127. The molecule has 2 aromatic carbocycles. The normalized spacial score (nSPS) is 19.0. The van der Waals surface area contributed by atoms with Crippen molar-refractivity contribution < 1.29 is 19.1 Å². The fraction of sp³-hybridized carbons (Fsp3) is 0.222. The van der Waals surface area contributed by atoms with Crippen molar-refractivity contribution in [1.29, 1.82) is 0 Å². The molecule has 2 aromatic rings. The van der Waals surface area contributed by atoms with Crippen LogP contribution in [0.3, 0.4) is 0 Å². The van der Waals surface area contributed by atoms with Crippen molar-refractivity contribution in [2.45, 2.75) is 19.4 Å². The number of hydrogen-bond acceptors (Lipinski definition) is 5. The van der Waals surface area contributed by atoms with E-state index in [-0.39, 0.29) is 25.0 Å². The van der Waals surface area contributed by atoms with E-state index >= 15 is 0 Å². The van der Waals surface area contributed by atoms with Gasteiger partial charge < -0.3 is 14.8 Å². The maximum absolute atomic E-state index is 12.7. The van der Waals surface area contributed by atoms with Gasteiger partial charge in [-0.2, -0.15) is 0 Å². The van der Waals surface area contributed by atoms with E-state index in [1.54, 1.807) is 18.2 Å². The van der Waals surface area contributed by atoms with Gasteiger partial charge in [0.05, 0.1) is 12.1 Å². The number of imide groups is 1. The first-order chi connectivity index (χ1) is 11.6. The Labute approximate surface area is 139 Å². The van der Waals surface area contributed by atoms with E-state index in [9.17, 15) is 9.59 Å². The predicted molar refractivity (Wildman–Crippen MR) is 88.3 cm³/mol. The molecular weight excluding hydrogens is 308 g/mol. The third kappa shape index (κ3) is 2.36. The van der Waals surface area contributed by atoms with Crippen molar-refractivity contribution in [3.05, 3.63) is 48.0 Å². The first kappa shape index (κ1) is 14.6. The highest BCUT2D eigenvalue weighted by molar-refractivity contribution is 6.23. The van der Waals surface area contributed by atoms with Gasteiger partial charge in [0.15, 0.2) is 11.5 Å². The van der Waals surface area contributed by atoms with E-state index in [1.807, 2.05) is 31.2 Å². The number of rotatable bonds is 3. The number of anilines is 2. The maximum Gasteiger partial charge on any atom is 0.256 e. The largest absolute Gasteiger partial charge is 0.454 e. The lowest BCUT2D eigenvalue weighted by atomic mass is 10.2. The summed E-state index contributed by atoms with van der Waals surface area (Å²) in [5.41, 5.74) is 2.25. The fourth-order valence-corrected chi connectivity index (χ4v) is 3.00. The van der Waals surface area contributed by atoms with Crippen LogP contribution >= 0.6 is 0 Å². The van der Waals surface area contributed by atoms with Crippen LogP contribution in [0.25, 0.3) is 0 Å². The lowest BCUT2D eigenvalue weighted by molar-refractivity contribution is -0.121. The van der Waals surface area contributed by atoms with E-state index in [0.29, 0.717) is 17.2 Å². The van der Waals surface area contributed by atoms with Crippen molar-refractivity contribution in [3.8, 4) is 11.5 Å². The average Bonchev–Trinajstić information content (AvgIpc) is 3.13. The number of aryl methyl sites for hydroxylation is 1. The number of nitrogens with zero attached hydrogens (tertiary/aromatic N) is 1.